The lowest BCUT2D eigenvalue weighted by molar-refractivity contribution is 0.109. The van der Waals surface area contributed by atoms with Crippen molar-refractivity contribution in [1.29, 1.82) is 0 Å². The summed E-state index contributed by atoms with van der Waals surface area (Å²) < 4.78 is 5.70. The second kappa shape index (κ2) is 12.2. The normalized spacial score (nSPS) is 40.9. The molecule has 2 saturated carbocycles. The summed E-state index contributed by atoms with van der Waals surface area (Å²) in [6.07, 6.45) is 17.3. The van der Waals surface area contributed by atoms with Gasteiger partial charge in [-0.2, -0.15) is 0 Å². The molecule has 0 aromatic carbocycles. The van der Waals surface area contributed by atoms with Crippen molar-refractivity contribution in [2.45, 2.75) is 102 Å². The van der Waals surface area contributed by atoms with Gasteiger partial charge in [0.05, 0.1) is 6.10 Å². The third-order valence-electron chi connectivity index (χ3n) is 8.51. The molecule has 0 spiro atoms. The van der Waals surface area contributed by atoms with Crippen molar-refractivity contribution >= 4 is 0 Å². The average molecular weight is 421 g/mol. The first-order chi connectivity index (χ1) is 14.8. The van der Waals surface area contributed by atoms with Crippen LogP contribution >= 0.6 is 0 Å². The van der Waals surface area contributed by atoms with Crippen LogP contribution in [0.4, 0.5) is 0 Å². The Morgan fingerprint density at radius 3 is 2.43 bits per heavy atom. The maximum Gasteiger partial charge on any atom is 0.112 e. The van der Waals surface area contributed by atoms with Crippen molar-refractivity contribution in [3.63, 3.8) is 0 Å². The second-order valence-electron chi connectivity index (χ2n) is 10.9. The van der Waals surface area contributed by atoms with Crippen LogP contribution in [0.2, 0.25) is 0 Å². The zero-order valence-electron chi connectivity index (χ0n) is 19.5. The first-order valence-corrected chi connectivity index (χ1v) is 13.3. The standard InChI is InChI=1S/C25H48N4O/c1-19-4-2-5-21(10-7-19)22-16-27-25(28-17-22)29-23-11-8-20(9-12-23)13-14-26-18-24-6-3-15-30-24/h19-29H,2-18H2,1H3. The quantitative estimate of drug-likeness (QED) is 0.357. The molecule has 0 aromatic rings. The molecule has 4 rings (SSSR count). The first-order valence-electron chi connectivity index (χ1n) is 13.3. The number of hydrogen-bond acceptors (Lipinski definition) is 5. The molecule has 0 amide bonds. The van der Waals surface area contributed by atoms with Crippen molar-refractivity contribution in [3.05, 3.63) is 0 Å². The molecule has 2 aliphatic carbocycles. The lowest BCUT2D eigenvalue weighted by atomic mass is 9.83. The van der Waals surface area contributed by atoms with Gasteiger partial charge in [-0.1, -0.05) is 32.6 Å². The Labute approximate surface area is 185 Å². The minimum absolute atomic E-state index is 0.320. The van der Waals surface area contributed by atoms with E-state index < -0.39 is 0 Å². The summed E-state index contributed by atoms with van der Waals surface area (Å²) in [7, 11) is 0. The third-order valence-corrected chi connectivity index (χ3v) is 8.51. The molecule has 2 heterocycles. The van der Waals surface area contributed by atoms with Crippen LogP contribution in [0.15, 0.2) is 0 Å². The molecule has 2 aliphatic heterocycles. The van der Waals surface area contributed by atoms with Crippen LogP contribution in [0.25, 0.3) is 0 Å². The molecule has 174 valence electrons. The number of rotatable bonds is 8. The van der Waals surface area contributed by atoms with Crippen LogP contribution < -0.4 is 21.3 Å². The summed E-state index contributed by atoms with van der Waals surface area (Å²) in [5.41, 5.74) is 0. The summed E-state index contributed by atoms with van der Waals surface area (Å²) in [4.78, 5) is 0. The SMILES string of the molecule is CC1CCCC(C2CNC(NC3CCC(CCNCC4CCCO4)CC3)NC2)CC1. The lowest BCUT2D eigenvalue weighted by Gasteiger charge is -2.39. The van der Waals surface area contributed by atoms with Gasteiger partial charge in [-0.05, 0) is 81.6 Å². The fraction of sp³-hybridized carbons (Fsp3) is 1.00. The van der Waals surface area contributed by atoms with Crippen LogP contribution in [0.3, 0.4) is 0 Å². The summed E-state index contributed by atoms with van der Waals surface area (Å²) in [6.45, 7) is 8.00. The van der Waals surface area contributed by atoms with E-state index in [1.807, 2.05) is 0 Å². The van der Waals surface area contributed by atoms with Gasteiger partial charge in [0, 0.05) is 32.3 Å². The molecule has 3 atom stereocenters. The van der Waals surface area contributed by atoms with Gasteiger partial charge in [-0.3, -0.25) is 16.0 Å². The van der Waals surface area contributed by atoms with Gasteiger partial charge in [-0.25, -0.2) is 0 Å². The van der Waals surface area contributed by atoms with Gasteiger partial charge < -0.3 is 10.1 Å². The van der Waals surface area contributed by atoms with Crippen molar-refractivity contribution in [2.24, 2.45) is 23.7 Å². The highest BCUT2D eigenvalue weighted by molar-refractivity contribution is 4.86. The van der Waals surface area contributed by atoms with E-state index in [4.69, 9.17) is 4.74 Å². The molecule has 5 heteroatoms. The van der Waals surface area contributed by atoms with Gasteiger partial charge in [0.25, 0.3) is 0 Å². The summed E-state index contributed by atoms with van der Waals surface area (Å²) >= 11 is 0. The number of hydrogen-bond donors (Lipinski definition) is 4. The van der Waals surface area contributed by atoms with E-state index >= 15 is 0 Å². The zero-order chi connectivity index (χ0) is 20.6. The predicted molar refractivity (Wildman–Crippen MR) is 124 cm³/mol. The average Bonchev–Trinajstić information content (AvgIpc) is 3.20. The van der Waals surface area contributed by atoms with Crippen molar-refractivity contribution in [3.8, 4) is 0 Å². The smallest absolute Gasteiger partial charge is 0.112 e. The zero-order valence-corrected chi connectivity index (χ0v) is 19.5. The Balaban J connectivity index is 1.05. The Hall–Kier alpha value is -0.200. The molecule has 0 bridgehead atoms. The van der Waals surface area contributed by atoms with Crippen molar-refractivity contribution in [1.82, 2.24) is 21.3 Å². The van der Waals surface area contributed by atoms with Crippen LogP contribution in [-0.2, 0) is 4.74 Å². The largest absolute Gasteiger partial charge is 0.377 e. The summed E-state index contributed by atoms with van der Waals surface area (Å²) in [5.74, 6) is 3.61. The molecule has 3 unspecified atom stereocenters. The molecule has 0 aromatic heterocycles. The van der Waals surface area contributed by atoms with Gasteiger partial charge in [0.15, 0.2) is 0 Å². The van der Waals surface area contributed by atoms with Crippen molar-refractivity contribution in [2.75, 3.05) is 32.8 Å². The Kier molecular flexibility index (Phi) is 9.31. The number of nitrogens with one attached hydrogen (secondary N) is 4. The van der Waals surface area contributed by atoms with E-state index in [0.29, 0.717) is 18.4 Å². The molecule has 4 N–H and O–H groups in total. The third kappa shape index (κ3) is 7.16. The maximum atomic E-state index is 5.70. The highest BCUT2D eigenvalue weighted by Gasteiger charge is 2.30. The molecule has 2 saturated heterocycles. The topological polar surface area (TPSA) is 57.3 Å². The predicted octanol–water partition coefficient (Wildman–Crippen LogP) is 3.60. The van der Waals surface area contributed by atoms with Crippen LogP contribution in [0.1, 0.15) is 84.0 Å². The Morgan fingerprint density at radius 1 is 0.833 bits per heavy atom. The molecule has 4 fully saturated rings. The molecule has 0 radical (unpaired) electrons. The van der Waals surface area contributed by atoms with Crippen molar-refractivity contribution < 1.29 is 4.74 Å². The molecule has 30 heavy (non-hydrogen) atoms. The highest BCUT2D eigenvalue weighted by atomic mass is 16.5. The van der Waals surface area contributed by atoms with E-state index in [-0.39, 0.29) is 0 Å². The first kappa shape index (κ1) is 23.0. The minimum atomic E-state index is 0.320. The van der Waals surface area contributed by atoms with Crippen LogP contribution in [0.5, 0.6) is 0 Å². The fourth-order valence-corrected chi connectivity index (χ4v) is 6.35. The summed E-state index contributed by atoms with van der Waals surface area (Å²) in [6, 6.07) is 0.682. The van der Waals surface area contributed by atoms with E-state index in [0.717, 1.165) is 43.4 Å². The molecular formula is C25H48N4O. The molecule has 5 nitrogen and oxygen atoms in total. The number of ether oxygens (including phenoxy) is 1. The molecule has 4 aliphatic rings. The van der Waals surface area contributed by atoms with Gasteiger partial charge in [0.1, 0.15) is 6.29 Å². The second-order valence-corrected chi connectivity index (χ2v) is 10.9. The van der Waals surface area contributed by atoms with Crippen LogP contribution in [-0.4, -0.2) is 51.2 Å². The fourth-order valence-electron chi connectivity index (χ4n) is 6.35. The van der Waals surface area contributed by atoms with Gasteiger partial charge >= 0.3 is 0 Å². The monoisotopic (exact) mass is 420 g/mol. The van der Waals surface area contributed by atoms with E-state index in [1.165, 1.54) is 90.1 Å². The van der Waals surface area contributed by atoms with E-state index in [9.17, 15) is 0 Å². The van der Waals surface area contributed by atoms with Gasteiger partial charge in [-0.15, -0.1) is 0 Å². The Bertz CT molecular complexity index is 468. The molecular weight excluding hydrogens is 372 g/mol. The lowest BCUT2D eigenvalue weighted by Crippen LogP contribution is -2.62. The highest BCUT2D eigenvalue weighted by Crippen LogP contribution is 2.32. The van der Waals surface area contributed by atoms with Crippen LogP contribution in [0, 0.1) is 23.7 Å². The minimum Gasteiger partial charge on any atom is -0.377 e. The van der Waals surface area contributed by atoms with E-state index in [2.05, 4.69) is 28.2 Å². The maximum absolute atomic E-state index is 5.70. The van der Waals surface area contributed by atoms with Gasteiger partial charge in [0.2, 0.25) is 0 Å². The summed E-state index contributed by atoms with van der Waals surface area (Å²) in [5, 5.41) is 15.1. The van der Waals surface area contributed by atoms with E-state index in [1.54, 1.807) is 0 Å². The Morgan fingerprint density at radius 2 is 1.67 bits per heavy atom.